The van der Waals surface area contributed by atoms with E-state index in [1.807, 2.05) is 6.92 Å². The van der Waals surface area contributed by atoms with Gasteiger partial charge >= 0.3 is 17.8 Å². The molecule has 28 heavy (non-hydrogen) atoms. The number of carboxylic acids is 1. The molecule has 0 saturated heterocycles. The fraction of sp³-hybridized carbons (Fsp3) is 0.278. The highest BCUT2D eigenvalue weighted by molar-refractivity contribution is 6.32. The number of nitro groups is 1. The molecule has 0 saturated carbocycles. The number of nitro benzene ring substituents is 1. The van der Waals surface area contributed by atoms with E-state index in [2.05, 4.69) is 0 Å². The number of benzene rings is 2. The number of ether oxygens (including phenoxy) is 1. The van der Waals surface area contributed by atoms with Gasteiger partial charge in [-0.05, 0) is 36.6 Å². The summed E-state index contributed by atoms with van der Waals surface area (Å²) >= 11 is 5.87. The van der Waals surface area contributed by atoms with E-state index in [4.69, 9.17) is 16.3 Å². The summed E-state index contributed by atoms with van der Waals surface area (Å²) in [7, 11) is 0. The Balaban J connectivity index is 2.67. The Labute approximate surface area is 162 Å². The lowest BCUT2D eigenvalue weighted by atomic mass is 9.95. The van der Waals surface area contributed by atoms with Crippen molar-refractivity contribution in [1.82, 2.24) is 0 Å². The quantitative estimate of drug-likeness (QED) is 0.442. The summed E-state index contributed by atoms with van der Waals surface area (Å²) in [5, 5.41) is 20.4. The van der Waals surface area contributed by atoms with Crippen LogP contribution in [0.1, 0.15) is 47.7 Å². The van der Waals surface area contributed by atoms with Gasteiger partial charge in [0, 0.05) is 5.56 Å². The lowest BCUT2D eigenvalue weighted by Crippen LogP contribution is -2.08. The summed E-state index contributed by atoms with van der Waals surface area (Å²) in [6.45, 7) is 3.57. The number of hydrogen-bond donors (Lipinski definition) is 1. The summed E-state index contributed by atoms with van der Waals surface area (Å²) in [6, 6.07) is 4.77. The minimum absolute atomic E-state index is 0.246. The van der Waals surface area contributed by atoms with Gasteiger partial charge in [-0.2, -0.15) is 13.2 Å². The van der Waals surface area contributed by atoms with E-state index in [0.29, 0.717) is 18.1 Å². The summed E-state index contributed by atoms with van der Waals surface area (Å²) in [5.41, 5.74) is -2.06. The van der Waals surface area contributed by atoms with E-state index in [0.717, 1.165) is 18.2 Å². The molecule has 0 radical (unpaired) electrons. The second-order valence-electron chi connectivity index (χ2n) is 6.00. The van der Waals surface area contributed by atoms with Crippen molar-refractivity contribution in [1.29, 1.82) is 0 Å². The second kappa shape index (κ2) is 8.05. The van der Waals surface area contributed by atoms with E-state index in [9.17, 15) is 33.2 Å². The van der Waals surface area contributed by atoms with Crippen LogP contribution in [-0.2, 0) is 6.18 Å². The number of halogens is 4. The summed E-state index contributed by atoms with van der Waals surface area (Å²) < 4.78 is 43.9. The van der Waals surface area contributed by atoms with Crippen LogP contribution >= 0.6 is 11.6 Å². The maximum absolute atomic E-state index is 12.8. The first-order valence-corrected chi connectivity index (χ1v) is 8.44. The predicted molar refractivity (Wildman–Crippen MR) is 95.3 cm³/mol. The Morgan fingerprint density at radius 3 is 2.43 bits per heavy atom. The van der Waals surface area contributed by atoms with Crippen LogP contribution in [0.15, 0.2) is 30.3 Å². The van der Waals surface area contributed by atoms with Crippen LogP contribution < -0.4 is 4.74 Å². The Morgan fingerprint density at radius 2 is 1.96 bits per heavy atom. The van der Waals surface area contributed by atoms with Gasteiger partial charge in [-0.25, -0.2) is 4.79 Å². The van der Waals surface area contributed by atoms with Crippen LogP contribution in [0.25, 0.3) is 0 Å². The van der Waals surface area contributed by atoms with Gasteiger partial charge in [0.05, 0.1) is 15.5 Å². The number of aromatic carboxylic acids is 1. The van der Waals surface area contributed by atoms with Crippen LogP contribution in [-0.4, -0.2) is 16.0 Å². The maximum Gasteiger partial charge on any atom is 0.416 e. The van der Waals surface area contributed by atoms with Gasteiger partial charge in [0.1, 0.15) is 11.3 Å². The van der Waals surface area contributed by atoms with Crippen molar-refractivity contribution in [3.8, 4) is 11.5 Å². The predicted octanol–water partition coefficient (Wildman–Crippen LogP) is 6.27. The monoisotopic (exact) mass is 417 g/mol. The minimum Gasteiger partial charge on any atom is -0.477 e. The maximum atomic E-state index is 12.8. The van der Waals surface area contributed by atoms with Gasteiger partial charge in [-0.1, -0.05) is 31.5 Å². The molecule has 1 atom stereocenters. The number of alkyl halides is 3. The van der Waals surface area contributed by atoms with Gasteiger partial charge in [0.2, 0.25) is 5.75 Å². The number of carboxylic acid groups (broad SMARTS) is 1. The van der Waals surface area contributed by atoms with E-state index < -0.39 is 38.9 Å². The topological polar surface area (TPSA) is 89.7 Å². The van der Waals surface area contributed by atoms with Crippen LogP contribution in [0, 0.1) is 10.1 Å². The number of rotatable bonds is 6. The second-order valence-corrected chi connectivity index (χ2v) is 6.40. The molecule has 150 valence electrons. The van der Waals surface area contributed by atoms with Gasteiger partial charge < -0.3 is 9.84 Å². The molecule has 0 amide bonds. The molecule has 6 nitrogen and oxygen atoms in total. The zero-order chi connectivity index (χ0) is 21.2. The van der Waals surface area contributed by atoms with Crippen molar-refractivity contribution in [2.45, 2.75) is 32.4 Å². The molecule has 2 aromatic rings. The van der Waals surface area contributed by atoms with Crippen LogP contribution in [0.2, 0.25) is 5.02 Å². The summed E-state index contributed by atoms with van der Waals surface area (Å²) in [5.74, 6) is -2.40. The highest BCUT2D eigenvalue weighted by atomic mass is 35.5. The number of nitrogens with zero attached hydrogens (tertiary/aromatic N) is 1. The third kappa shape index (κ3) is 4.36. The minimum atomic E-state index is -4.63. The molecule has 0 aliphatic rings. The van der Waals surface area contributed by atoms with Crippen molar-refractivity contribution in [2.24, 2.45) is 0 Å². The van der Waals surface area contributed by atoms with E-state index >= 15 is 0 Å². The van der Waals surface area contributed by atoms with E-state index in [-0.39, 0.29) is 17.4 Å². The third-order valence-electron chi connectivity index (χ3n) is 4.19. The summed E-state index contributed by atoms with van der Waals surface area (Å²) in [6.07, 6.45) is -4.07. The molecule has 1 N–H and O–H groups in total. The zero-order valence-electron chi connectivity index (χ0n) is 14.7. The van der Waals surface area contributed by atoms with Crippen LogP contribution in [0.3, 0.4) is 0 Å². The van der Waals surface area contributed by atoms with Crippen molar-refractivity contribution in [3.63, 3.8) is 0 Å². The molecule has 0 heterocycles. The van der Waals surface area contributed by atoms with Crippen LogP contribution in [0.5, 0.6) is 11.5 Å². The highest BCUT2D eigenvalue weighted by Gasteiger charge is 2.33. The molecule has 0 fully saturated rings. The smallest absolute Gasteiger partial charge is 0.416 e. The average molecular weight is 418 g/mol. The Kier molecular flexibility index (Phi) is 6.18. The molecule has 2 rings (SSSR count). The fourth-order valence-electron chi connectivity index (χ4n) is 2.53. The largest absolute Gasteiger partial charge is 0.477 e. The average Bonchev–Trinajstić information content (AvgIpc) is 2.60. The molecular formula is C18H15ClF3NO5. The van der Waals surface area contributed by atoms with Crippen molar-refractivity contribution in [2.75, 3.05) is 0 Å². The molecule has 1 unspecified atom stereocenters. The Bertz CT molecular complexity index is 930. The third-order valence-corrected chi connectivity index (χ3v) is 4.48. The Morgan fingerprint density at radius 1 is 1.32 bits per heavy atom. The molecule has 0 aliphatic carbocycles. The molecule has 0 spiro atoms. The lowest BCUT2D eigenvalue weighted by molar-refractivity contribution is -0.386. The molecule has 0 bridgehead atoms. The molecule has 2 aromatic carbocycles. The van der Waals surface area contributed by atoms with Gasteiger partial charge in [-0.15, -0.1) is 0 Å². The van der Waals surface area contributed by atoms with E-state index in [1.54, 1.807) is 6.92 Å². The normalized spacial score (nSPS) is 12.5. The molecular weight excluding hydrogens is 403 g/mol. The highest BCUT2D eigenvalue weighted by Crippen LogP contribution is 2.44. The van der Waals surface area contributed by atoms with E-state index in [1.165, 1.54) is 6.07 Å². The standard InChI is InChI=1S/C18H15ClF3NO5/c1-3-9(2)11-5-6-12(17(24)25)15(23(26)27)16(11)28-14-7-4-10(8-13(14)19)18(20,21)22/h4-9H,3H2,1-2H3,(H,24,25). The lowest BCUT2D eigenvalue weighted by Gasteiger charge is -2.18. The fourth-order valence-corrected chi connectivity index (χ4v) is 2.74. The van der Waals surface area contributed by atoms with Crippen molar-refractivity contribution in [3.05, 3.63) is 62.2 Å². The Hall–Kier alpha value is -2.81. The number of carbonyl (C=O) groups is 1. The van der Waals surface area contributed by atoms with Gasteiger partial charge in [0.15, 0.2) is 0 Å². The summed E-state index contributed by atoms with van der Waals surface area (Å²) in [4.78, 5) is 22.0. The van der Waals surface area contributed by atoms with Crippen molar-refractivity contribution >= 4 is 23.3 Å². The molecule has 0 aliphatic heterocycles. The first kappa shape index (κ1) is 21.5. The SMILES string of the molecule is CCC(C)c1ccc(C(=O)O)c([N+](=O)[O-])c1Oc1ccc(C(F)(F)F)cc1Cl. The zero-order valence-corrected chi connectivity index (χ0v) is 15.5. The molecule has 0 aromatic heterocycles. The van der Waals surface area contributed by atoms with Gasteiger partial charge in [0.25, 0.3) is 0 Å². The molecule has 10 heteroatoms. The first-order chi connectivity index (χ1) is 13.0. The first-order valence-electron chi connectivity index (χ1n) is 8.06. The van der Waals surface area contributed by atoms with Crippen molar-refractivity contribution < 1.29 is 32.7 Å². The number of hydrogen-bond acceptors (Lipinski definition) is 4. The van der Waals surface area contributed by atoms with Gasteiger partial charge in [-0.3, -0.25) is 10.1 Å². The van der Waals surface area contributed by atoms with Crippen LogP contribution in [0.4, 0.5) is 18.9 Å².